The van der Waals surface area contributed by atoms with E-state index in [2.05, 4.69) is 12.2 Å². The zero-order chi connectivity index (χ0) is 14.9. The van der Waals surface area contributed by atoms with E-state index in [1.54, 1.807) is 0 Å². The van der Waals surface area contributed by atoms with Crippen molar-refractivity contribution in [2.75, 3.05) is 6.54 Å². The largest absolute Gasteiger partial charge is 0.342 e. The highest BCUT2D eigenvalue weighted by atomic mass is 16.2. The van der Waals surface area contributed by atoms with E-state index in [1.807, 2.05) is 25.7 Å². The molecular weight excluding hydrogens is 252 g/mol. The van der Waals surface area contributed by atoms with Crippen LogP contribution in [-0.2, 0) is 9.59 Å². The van der Waals surface area contributed by atoms with Gasteiger partial charge < -0.3 is 10.2 Å². The number of nitrogens with one attached hydrogen (secondary N) is 1. The molecule has 20 heavy (non-hydrogen) atoms. The van der Waals surface area contributed by atoms with Crippen LogP contribution < -0.4 is 5.32 Å². The van der Waals surface area contributed by atoms with E-state index in [-0.39, 0.29) is 35.9 Å². The van der Waals surface area contributed by atoms with Crippen LogP contribution in [0, 0.1) is 11.3 Å². The van der Waals surface area contributed by atoms with Crippen molar-refractivity contribution in [1.29, 1.82) is 0 Å². The lowest BCUT2D eigenvalue weighted by molar-refractivity contribution is -0.150. The van der Waals surface area contributed by atoms with Crippen molar-refractivity contribution < 1.29 is 9.59 Å². The number of carbonyl (C=O) groups is 2. The second-order valence-corrected chi connectivity index (χ2v) is 7.60. The lowest BCUT2D eigenvalue weighted by Gasteiger charge is -2.42. The molecule has 0 spiro atoms. The highest BCUT2D eigenvalue weighted by molar-refractivity contribution is 5.95. The first-order valence-corrected chi connectivity index (χ1v) is 7.89. The molecule has 0 aromatic rings. The maximum Gasteiger partial charge on any atom is 0.246 e. The normalized spacial score (nSPS) is 32.8. The summed E-state index contributed by atoms with van der Waals surface area (Å²) >= 11 is 0. The molecule has 4 nitrogen and oxygen atoms in total. The molecule has 2 amide bonds. The number of nitrogens with zero attached hydrogens (tertiary/aromatic N) is 1. The summed E-state index contributed by atoms with van der Waals surface area (Å²) in [5.41, 5.74) is -0.233. The highest BCUT2D eigenvalue weighted by Crippen LogP contribution is 2.29. The Labute approximate surface area is 122 Å². The second-order valence-electron chi connectivity index (χ2n) is 7.60. The molecule has 3 atom stereocenters. The molecule has 1 saturated heterocycles. The summed E-state index contributed by atoms with van der Waals surface area (Å²) in [5, 5.41) is 2.87. The lowest BCUT2D eigenvalue weighted by Crippen LogP contribution is -2.64. The van der Waals surface area contributed by atoms with Crippen molar-refractivity contribution in [3.05, 3.63) is 0 Å². The van der Waals surface area contributed by atoms with Gasteiger partial charge in [-0.15, -0.1) is 0 Å². The van der Waals surface area contributed by atoms with E-state index < -0.39 is 0 Å². The van der Waals surface area contributed by atoms with E-state index in [4.69, 9.17) is 0 Å². The fourth-order valence-electron chi connectivity index (χ4n) is 3.34. The molecule has 0 radical (unpaired) electrons. The third-order valence-electron chi connectivity index (χ3n) is 4.68. The van der Waals surface area contributed by atoms with Gasteiger partial charge in [0.2, 0.25) is 11.8 Å². The molecule has 1 saturated carbocycles. The summed E-state index contributed by atoms with van der Waals surface area (Å²) in [7, 11) is 0. The summed E-state index contributed by atoms with van der Waals surface area (Å²) in [6.45, 7) is 8.55. The Morgan fingerprint density at radius 3 is 2.45 bits per heavy atom. The molecule has 0 aromatic carbocycles. The first-order valence-electron chi connectivity index (χ1n) is 7.89. The third-order valence-corrected chi connectivity index (χ3v) is 4.68. The first-order chi connectivity index (χ1) is 9.29. The van der Waals surface area contributed by atoms with Gasteiger partial charge in [0.05, 0.1) is 6.54 Å². The molecule has 3 unspecified atom stereocenters. The number of carbonyl (C=O) groups excluding carboxylic acids is 2. The Hall–Kier alpha value is -1.06. The zero-order valence-electron chi connectivity index (χ0n) is 13.2. The predicted molar refractivity (Wildman–Crippen MR) is 79.1 cm³/mol. The summed E-state index contributed by atoms with van der Waals surface area (Å²) in [6, 6.07) is -0.132. The molecule has 1 N–H and O–H groups in total. The standard InChI is InChI=1S/C16H28N2O2/c1-11-6-5-7-12(9-8-11)18-10-13(19)17-14(15(18)20)16(2,3)4/h11-12,14H,5-10H2,1-4H3,(H,17,19). The maximum atomic E-state index is 12.7. The SMILES string of the molecule is CC1CCCC(N2CC(=O)NC(C(C)(C)C)C2=O)CC1. The molecule has 1 aliphatic heterocycles. The molecule has 1 heterocycles. The van der Waals surface area contributed by atoms with Crippen LogP contribution >= 0.6 is 0 Å². The van der Waals surface area contributed by atoms with E-state index in [1.165, 1.54) is 6.42 Å². The second kappa shape index (κ2) is 5.74. The molecule has 2 fully saturated rings. The van der Waals surface area contributed by atoms with Gasteiger partial charge in [0.25, 0.3) is 0 Å². The van der Waals surface area contributed by atoms with Gasteiger partial charge in [0, 0.05) is 6.04 Å². The fourth-order valence-corrected chi connectivity index (χ4v) is 3.34. The molecule has 0 aromatic heterocycles. The summed E-state index contributed by atoms with van der Waals surface area (Å²) in [5.74, 6) is 0.839. The highest BCUT2D eigenvalue weighted by Gasteiger charge is 2.42. The minimum Gasteiger partial charge on any atom is -0.342 e. The molecule has 4 heteroatoms. The molecule has 1 aliphatic carbocycles. The zero-order valence-corrected chi connectivity index (χ0v) is 13.2. The Kier molecular flexibility index (Phi) is 4.40. The van der Waals surface area contributed by atoms with Crippen LogP contribution in [0.1, 0.15) is 59.8 Å². The van der Waals surface area contributed by atoms with Crippen molar-refractivity contribution in [3.8, 4) is 0 Å². The van der Waals surface area contributed by atoms with Crippen molar-refractivity contribution in [2.24, 2.45) is 11.3 Å². The summed E-state index contributed by atoms with van der Waals surface area (Å²) < 4.78 is 0. The van der Waals surface area contributed by atoms with Crippen molar-refractivity contribution in [3.63, 3.8) is 0 Å². The smallest absolute Gasteiger partial charge is 0.246 e. The van der Waals surface area contributed by atoms with Gasteiger partial charge in [-0.1, -0.05) is 40.5 Å². The van der Waals surface area contributed by atoms with E-state index in [0.29, 0.717) is 0 Å². The Balaban J connectivity index is 2.13. The molecular formula is C16H28N2O2. The lowest BCUT2D eigenvalue weighted by atomic mass is 9.84. The minimum absolute atomic E-state index is 0.0122. The fraction of sp³-hybridized carbons (Fsp3) is 0.875. The Bertz CT molecular complexity index is 386. The topological polar surface area (TPSA) is 49.4 Å². The molecule has 114 valence electrons. The Morgan fingerprint density at radius 2 is 1.80 bits per heavy atom. The number of amides is 2. The van der Waals surface area contributed by atoms with Gasteiger partial charge in [-0.2, -0.15) is 0 Å². The van der Waals surface area contributed by atoms with E-state index in [9.17, 15) is 9.59 Å². The van der Waals surface area contributed by atoms with Crippen molar-refractivity contribution >= 4 is 11.8 Å². The van der Waals surface area contributed by atoms with Gasteiger partial charge in [-0.25, -0.2) is 0 Å². The molecule has 0 bridgehead atoms. The van der Waals surface area contributed by atoms with Crippen LogP contribution in [0.25, 0.3) is 0 Å². The van der Waals surface area contributed by atoms with E-state index in [0.717, 1.165) is 31.6 Å². The molecule has 2 rings (SSSR count). The number of hydrogen-bond donors (Lipinski definition) is 1. The van der Waals surface area contributed by atoms with Gasteiger partial charge in [0.15, 0.2) is 0 Å². The van der Waals surface area contributed by atoms with Gasteiger partial charge in [-0.3, -0.25) is 9.59 Å². The summed E-state index contributed by atoms with van der Waals surface area (Å²) in [6.07, 6.45) is 5.65. The maximum absolute atomic E-state index is 12.7. The van der Waals surface area contributed by atoms with Crippen LogP contribution in [0.15, 0.2) is 0 Å². The number of rotatable bonds is 1. The monoisotopic (exact) mass is 280 g/mol. The van der Waals surface area contributed by atoms with Crippen LogP contribution in [0.5, 0.6) is 0 Å². The van der Waals surface area contributed by atoms with Gasteiger partial charge in [-0.05, 0) is 30.6 Å². The van der Waals surface area contributed by atoms with Crippen LogP contribution in [-0.4, -0.2) is 35.3 Å². The van der Waals surface area contributed by atoms with Crippen molar-refractivity contribution in [1.82, 2.24) is 10.2 Å². The minimum atomic E-state index is -0.385. The average molecular weight is 280 g/mol. The third kappa shape index (κ3) is 3.33. The average Bonchev–Trinajstić information content (AvgIpc) is 2.55. The van der Waals surface area contributed by atoms with Crippen molar-refractivity contribution in [2.45, 2.75) is 71.9 Å². The first kappa shape index (κ1) is 15.3. The number of hydrogen-bond acceptors (Lipinski definition) is 2. The summed E-state index contributed by atoms with van der Waals surface area (Å²) in [4.78, 5) is 26.5. The van der Waals surface area contributed by atoms with Crippen LogP contribution in [0.3, 0.4) is 0 Å². The quantitative estimate of drug-likeness (QED) is 0.749. The van der Waals surface area contributed by atoms with Gasteiger partial charge >= 0.3 is 0 Å². The number of piperazine rings is 1. The van der Waals surface area contributed by atoms with Gasteiger partial charge in [0.1, 0.15) is 6.04 Å². The molecule has 2 aliphatic rings. The Morgan fingerprint density at radius 1 is 1.10 bits per heavy atom. The van der Waals surface area contributed by atoms with Crippen LogP contribution in [0.4, 0.5) is 0 Å². The van der Waals surface area contributed by atoms with E-state index >= 15 is 0 Å². The van der Waals surface area contributed by atoms with Crippen LogP contribution in [0.2, 0.25) is 0 Å². The predicted octanol–water partition coefficient (Wildman–Crippen LogP) is 2.33.